The van der Waals surface area contributed by atoms with Crippen molar-refractivity contribution in [3.8, 4) is 0 Å². The van der Waals surface area contributed by atoms with Crippen LogP contribution >= 0.6 is 22.9 Å². The van der Waals surface area contributed by atoms with E-state index in [-0.39, 0.29) is 9.90 Å². The van der Waals surface area contributed by atoms with E-state index >= 15 is 0 Å². The third-order valence-electron chi connectivity index (χ3n) is 2.58. The molecule has 0 radical (unpaired) electrons. The van der Waals surface area contributed by atoms with E-state index in [1.54, 1.807) is 0 Å². The molecule has 0 saturated heterocycles. The molecular formula is C12H9ClFNO4S. The largest absolute Gasteiger partial charge is 0.480 e. The summed E-state index contributed by atoms with van der Waals surface area (Å²) in [4.78, 5) is 22.8. The molecule has 20 heavy (non-hydrogen) atoms. The number of rotatable bonds is 4. The van der Waals surface area contributed by atoms with E-state index < -0.39 is 30.3 Å². The van der Waals surface area contributed by atoms with Gasteiger partial charge in [-0.05, 0) is 18.2 Å². The first kappa shape index (κ1) is 14.7. The lowest BCUT2D eigenvalue weighted by Gasteiger charge is -2.10. The Labute approximate surface area is 121 Å². The summed E-state index contributed by atoms with van der Waals surface area (Å²) in [5.41, 5.74) is 0. The Bertz CT molecular complexity index is 687. The van der Waals surface area contributed by atoms with Gasteiger partial charge in [-0.2, -0.15) is 0 Å². The van der Waals surface area contributed by atoms with Crippen molar-refractivity contribution in [2.45, 2.75) is 6.04 Å². The molecule has 0 bridgehead atoms. The molecule has 0 unspecified atom stereocenters. The van der Waals surface area contributed by atoms with Crippen LogP contribution < -0.4 is 5.32 Å². The van der Waals surface area contributed by atoms with E-state index in [9.17, 15) is 14.0 Å². The number of hydrogen-bond acceptors (Lipinski definition) is 4. The van der Waals surface area contributed by atoms with Crippen LogP contribution in [0.15, 0.2) is 18.2 Å². The molecule has 0 spiro atoms. The molecule has 0 aliphatic carbocycles. The van der Waals surface area contributed by atoms with Crippen molar-refractivity contribution >= 4 is 44.9 Å². The fourth-order valence-electron chi connectivity index (χ4n) is 1.59. The fraction of sp³-hybridized carbons (Fsp3) is 0.167. The quantitative estimate of drug-likeness (QED) is 0.803. The molecule has 8 heteroatoms. The van der Waals surface area contributed by atoms with E-state index in [1.807, 2.05) is 0 Å². The van der Waals surface area contributed by atoms with E-state index in [0.29, 0.717) is 10.1 Å². The number of benzene rings is 1. The number of carbonyl (C=O) groups excluding carboxylic acids is 1. The summed E-state index contributed by atoms with van der Waals surface area (Å²) in [7, 11) is 0. The Morgan fingerprint density at radius 2 is 2.15 bits per heavy atom. The molecule has 2 aromatic rings. The zero-order valence-electron chi connectivity index (χ0n) is 9.89. The molecule has 1 aromatic carbocycles. The Hall–Kier alpha value is -1.70. The van der Waals surface area contributed by atoms with Crippen molar-refractivity contribution in [2.24, 2.45) is 0 Å². The van der Waals surface area contributed by atoms with Crippen LogP contribution in [0, 0.1) is 5.82 Å². The van der Waals surface area contributed by atoms with Gasteiger partial charge in [0.1, 0.15) is 10.7 Å². The maximum absolute atomic E-state index is 13.1. The van der Waals surface area contributed by atoms with Crippen molar-refractivity contribution in [1.82, 2.24) is 5.32 Å². The van der Waals surface area contributed by atoms with Gasteiger partial charge in [-0.25, -0.2) is 9.18 Å². The van der Waals surface area contributed by atoms with Gasteiger partial charge in [-0.3, -0.25) is 4.79 Å². The van der Waals surface area contributed by atoms with Gasteiger partial charge in [-0.15, -0.1) is 11.3 Å². The third kappa shape index (κ3) is 2.74. The number of aliphatic hydroxyl groups excluding tert-OH is 1. The van der Waals surface area contributed by atoms with Crippen molar-refractivity contribution in [3.05, 3.63) is 33.9 Å². The number of aliphatic hydroxyl groups is 1. The molecule has 3 N–H and O–H groups in total. The van der Waals surface area contributed by atoms with Crippen molar-refractivity contribution in [2.75, 3.05) is 6.61 Å². The van der Waals surface area contributed by atoms with Gasteiger partial charge in [0.2, 0.25) is 0 Å². The monoisotopic (exact) mass is 317 g/mol. The highest BCUT2D eigenvalue weighted by molar-refractivity contribution is 7.21. The highest BCUT2D eigenvalue weighted by atomic mass is 35.5. The van der Waals surface area contributed by atoms with Gasteiger partial charge in [0, 0.05) is 10.1 Å². The summed E-state index contributed by atoms with van der Waals surface area (Å²) in [6, 6.07) is 2.49. The van der Waals surface area contributed by atoms with E-state index in [0.717, 1.165) is 11.3 Å². The lowest BCUT2D eigenvalue weighted by atomic mass is 10.2. The van der Waals surface area contributed by atoms with Crippen LogP contribution in [0.5, 0.6) is 0 Å². The SMILES string of the molecule is O=C(N[C@@H](CO)C(=O)O)c1sc2cc(F)ccc2c1Cl. The van der Waals surface area contributed by atoms with Gasteiger partial charge in [-0.1, -0.05) is 11.6 Å². The number of amides is 1. The minimum atomic E-state index is -1.42. The van der Waals surface area contributed by atoms with Crippen LogP contribution in [0.4, 0.5) is 4.39 Å². The average Bonchev–Trinajstić information content (AvgIpc) is 2.72. The number of thiophene rings is 1. The molecule has 0 fully saturated rings. The molecule has 5 nitrogen and oxygen atoms in total. The zero-order valence-corrected chi connectivity index (χ0v) is 11.5. The maximum atomic E-state index is 13.1. The first-order valence-corrected chi connectivity index (χ1v) is 6.65. The van der Waals surface area contributed by atoms with Gasteiger partial charge >= 0.3 is 5.97 Å². The van der Waals surface area contributed by atoms with Gasteiger partial charge < -0.3 is 15.5 Å². The number of aliphatic carboxylic acids is 1. The van der Waals surface area contributed by atoms with Crippen molar-refractivity contribution in [1.29, 1.82) is 0 Å². The number of nitrogens with one attached hydrogen (secondary N) is 1. The van der Waals surface area contributed by atoms with Crippen LogP contribution in [-0.2, 0) is 4.79 Å². The first-order chi connectivity index (χ1) is 9.43. The maximum Gasteiger partial charge on any atom is 0.328 e. The second-order valence-electron chi connectivity index (χ2n) is 3.93. The zero-order chi connectivity index (χ0) is 14.9. The molecule has 1 aromatic heterocycles. The van der Waals surface area contributed by atoms with E-state index in [4.69, 9.17) is 21.8 Å². The first-order valence-electron chi connectivity index (χ1n) is 5.46. The number of hydrogen-bond donors (Lipinski definition) is 3. The van der Waals surface area contributed by atoms with Gasteiger partial charge in [0.05, 0.1) is 11.6 Å². The minimum Gasteiger partial charge on any atom is -0.480 e. The highest BCUT2D eigenvalue weighted by Crippen LogP contribution is 2.35. The number of carboxylic acids is 1. The van der Waals surface area contributed by atoms with Crippen LogP contribution in [0.3, 0.4) is 0 Å². The molecule has 1 heterocycles. The van der Waals surface area contributed by atoms with E-state index in [1.165, 1.54) is 18.2 Å². The Morgan fingerprint density at radius 1 is 1.45 bits per heavy atom. The summed E-state index contributed by atoms with van der Waals surface area (Å²) in [5, 5.41) is 20.4. The fourth-order valence-corrected chi connectivity index (χ4v) is 3.04. The third-order valence-corrected chi connectivity index (χ3v) is 4.24. The standard InChI is InChI=1S/C12H9ClFNO4S/c13-9-6-2-1-5(14)3-8(6)20-10(9)11(17)15-7(4-16)12(18)19/h1-3,7,16H,4H2,(H,15,17)(H,18,19)/t7-/m0/s1. The molecule has 1 amide bonds. The van der Waals surface area contributed by atoms with E-state index in [2.05, 4.69) is 5.32 Å². The number of halogens is 2. The summed E-state index contributed by atoms with van der Waals surface area (Å²) in [6.07, 6.45) is 0. The summed E-state index contributed by atoms with van der Waals surface area (Å²) < 4.78 is 13.6. The van der Waals surface area contributed by atoms with Crippen LogP contribution in [0.1, 0.15) is 9.67 Å². The molecule has 1 atom stereocenters. The summed E-state index contributed by atoms with van der Waals surface area (Å²) in [6.45, 7) is -0.738. The predicted molar refractivity (Wildman–Crippen MR) is 72.8 cm³/mol. The van der Waals surface area contributed by atoms with Gasteiger partial charge in [0.15, 0.2) is 6.04 Å². The molecule has 106 valence electrons. The summed E-state index contributed by atoms with van der Waals surface area (Å²) in [5.74, 6) is -2.54. The summed E-state index contributed by atoms with van der Waals surface area (Å²) >= 11 is 6.98. The Morgan fingerprint density at radius 3 is 2.75 bits per heavy atom. The normalized spacial score (nSPS) is 12.3. The smallest absolute Gasteiger partial charge is 0.328 e. The number of carbonyl (C=O) groups is 2. The molecule has 0 saturated carbocycles. The van der Waals surface area contributed by atoms with Crippen LogP contribution in [0.25, 0.3) is 10.1 Å². The van der Waals surface area contributed by atoms with Crippen molar-refractivity contribution in [3.63, 3.8) is 0 Å². The molecular weight excluding hydrogens is 309 g/mol. The topological polar surface area (TPSA) is 86.6 Å². The number of carboxylic acid groups (broad SMARTS) is 1. The number of fused-ring (bicyclic) bond motifs is 1. The van der Waals surface area contributed by atoms with Crippen molar-refractivity contribution < 1.29 is 24.2 Å². The lowest BCUT2D eigenvalue weighted by Crippen LogP contribution is -2.43. The second-order valence-corrected chi connectivity index (χ2v) is 5.36. The van der Waals surface area contributed by atoms with Gasteiger partial charge in [0.25, 0.3) is 5.91 Å². The molecule has 0 aliphatic rings. The second kappa shape index (κ2) is 5.74. The molecule has 2 rings (SSSR count). The Balaban J connectivity index is 2.35. The average molecular weight is 318 g/mol. The van der Waals surface area contributed by atoms with Crippen LogP contribution in [0.2, 0.25) is 5.02 Å². The predicted octanol–water partition coefficient (Wildman–Crippen LogP) is 1.87. The minimum absolute atomic E-state index is 0.0759. The highest BCUT2D eigenvalue weighted by Gasteiger charge is 2.23. The van der Waals surface area contributed by atoms with Crippen LogP contribution in [-0.4, -0.2) is 34.7 Å². The lowest BCUT2D eigenvalue weighted by molar-refractivity contribution is -0.140. The molecule has 0 aliphatic heterocycles. The Kier molecular flexibility index (Phi) is 4.22.